The van der Waals surface area contributed by atoms with E-state index in [0.29, 0.717) is 11.6 Å². The van der Waals surface area contributed by atoms with Crippen LogP contribution >= 0.6 is 15.9 Å². The van der Waals surface area contributed by atoms with Crippen molar-refractivity contribution in [2.24, 2.45) is 5.84 Å². The fourth-order valence-electron chi connectivity index (χ4n) is 1.67. The second kappa shape index (κ2) is 5.85. The van der Waals surface area contributed by atoms with Crippen LogP contribution in [-0.2, 0) is 0 Å². The molecule has 0 amide bonds. The van der Waals surface area contributed by atoms with E-state index in [4.69, 9.17) is 11.6 Å². The Balaban J connectivity index is 2.16. The highest BCUT2D eigenvalue weighted by atomic mass is 79.9. The van der Waals surface area contributed by atoms with E-state index in [9.17, 15) is 0 Å². The third-order valence-electron chi connectivity index (χ3n) is 2.63. The monoisotopic (exact) mass is 322 g/mol. The van der Waals surface area contributed by atoms with E-state index >= 15 is 0 Å². The highest BCUT2D eigenvalue weighted by Crippen LogP contribution is 2.21. The van der Waals surface area contributed by atoms with Crippen LogP contribution in [0.1, 0.15) is 18.5 Å². The van der Waals surface area contributed by atoms with Crippen molar-refractivity contribution in [2.75, 3.05) is 16.5 Å². The first-order valence-corrected chi connectivity index (χ1v) is 6.51. The Hall–Kier alpha value is -1.86. The molecule has 0 aliphatic heterocycles. The summed E-state index contributed by atoms with van der Waals surface area (Å²) < 4.78 is 1.05. The van der Waals surface area contributed by atoms with Crippen LogP contribution in [0.3, 0.4) is 0 Å². The molecule has 1 aromatic carbocycles. The van der Waals surface area contributed by atoms with Gasteiger partial charge in [0, 0.05) is 16.6 Å². The van der Waals surface area contributed by atoms with E-state index in [-0.39, 0.29) is 12.0 Å². The van der Waals surface area contributed by atoms with Gasteiger partial charge in [-0.15, -0.1) is 0 Å². The molecule has 7 heteroatoms. The lowest BCUT2D eigenvalue weighted by Gasteiger charge is -2.15. The second-order valence-electron chi connectivity index (χ2n) is 4.06. The lowest BCUT2D eigenvalue weighted by molar-refractivity contribution is 0.873. The van der Waals surface area contributed by atoms with Crippen molar-refractivity contribution in [3.8, 4) is 0 Å². The Kier molecular flexibility index (Phi) is 4.18. The fourth-order valence-corrected chi connectivity index (χ4v) is 1.93. The van der Waals surface area contributed by atoms with Gasteiger partial charge in [0.2, 0.25) is 5.95 Å². The predicted octanol–water partition coefficient (Wildman–Crippen LogP) is 2.28. The van der Waals surface area contributed by atoms with Crippen LogP contribution in [0.2, 0.25) is 0 Å². The number of nitrogen functional groups attached to an aromatic ring is 2. The zero-order valence-corrected chi connectivity index (χ0v) is 12.0. The van der Waals surface area contributed by atoms with Crippen LogP contribution in [-0.4, -0.2) is 9.97 Å². The van der Waals surface area contributed by atoms with Crippen LogP contribution in [0.4, 0.5) is 17.6 Å². The summed E-state index contributed by atoms with van der Waals surface area (Å²) in [5, 5.41) is 3.25. The lowest BCUT2D eigenvalue weighted by atomic mass is 10.1. The van der Waals surface area contributed by atoms with Gasteiger partial charge >= 0.3 is 0 Å². The third kappa shape index (κ3) is 3.55. The molecule has 0 saturated heterocycles. The first-order chi connectivity index (χ1) is 9.08. The average molecular weight is 323 g/mol. The number of nitrogens with one attached hydrogen (secondary N) is 2. The zero-order chi connectivity index (χ0) is 13.8. The quantitative estimate of drug-likeness (QED) is 0.509. The highest BCUT2D eigenvalue weighted by Gasteiger charge is 2.08. The maximum atomic E-state index is 5.61. The Morgan fingerprint density at radius 3 is 2.42 bits per heavy atom. The van der Waals surface area contributed by atoms with Gasteiger partial charge in [-0.3, -0.25) is 0 Å². The Morgan fingerprint density at radius 1 is 1.16 bits per heavy atom. The molecule has 100 valence electrons. The predicted molar refractivity (Wildman–Crippen MR) is 80.4 cm³/mol. The van der Waals surface area contributed by atoms with Gasteiger partial charge in [-0.1, -0.05) is 28.1 Å². The maximum Gasteiger partial charge on any atom is 0.223 e. The summed E-state index contributed by atoms with van der Waals surface area (Å²) in [4.78, 5) is 8.04. The van der Waals surface area contributed by atoms with Gasteiger partial charge in [0.15, 0.2) is 0 Å². The lowest BCUT2D eigenvalue weighted by Crippen LogP contribution is -2.13. The molecule has 6 N–H and O–H groups in total. The number of hydrogen-bond donors (Lipinski definition) is 4. The molecule has 0 saturated carbocycles. The molecule has 2 aromatic rings. The van der Waals surface area contributed by atoms with Crippen LogP contribution < -0.4 is 22.3 Å². The summed E-state index contributed by atoms with van der Waals surface area (Å²) in [5.74, 6) is 6.58. The fraction of sp³-hybridized carbons (Fsp3) is 0.167. The molecular weight excluding hydrogens is 308 g/mol. The molecule has 0 bridgehead atoms. The first-order valence-electron chi connectivity index (χ1n) is 5.71. The van der Waals surface area contributed by atoms with E-state index in [1.165, 1.54) is 0 Å². The molecule has 0 spiro atoms. The number of nitrogens with two attached hydrogens (primary N) is 2. The second-order valence-corrected chi connectivity index (χ2v) is 4.97. The van der Waals surface area contributed by atoms with Gasteiger partial charge in [-0.25, -0.2) is 5.84 Å². The van der Waals surface area contributed by atoms with Gasteiger partial charge in [0.25, 0.3) is 0 Å². The molecule has 0 radical (unpaired) electrons. The highest BCUT2D eigenvalue weighted by molar-refractivity contribution is 9.10. The Morgan fingerprint density at radius 2 is 1.79 bits per heavy atom. The summed E-state index contributed by atoms with van der Waals surface area (Å²) in [7, 11) is 0. The number of nitrogens with zero attached hydrogens (tertiary/aromatic N) is 2. The van der Waals surface area contributed by atoms with Crippen molar-refractivity contribution in [3.05, 3.63) is 40.4 Å². The number of aromatic nitrogens is 2. The molecule has 1 atom stereocenters. The Bertz CT molecular complexity index is 557. The normalized spacial score (nSPS) is 11.9. The molecule has 2 rings (SSSR count). The van der Waals surface area contributed by atoms with Crippen LogP contribution in [0.25, 0.3) is 0 Å². The summed E-state index contributed by atoms with van der Waals surface area (Å²) in [6.45, 7) is 2.04. The van der Waals surface area contributed by atoms with E-state index in [0.717, 1.165) is 10.0 Å². The summed E-state index contributed by atoms with van der Waals surface area (Å²) in [6, 6.07) is 9.85. The number of anilines is 3. The average Bonchev–Trinajstić information content (AvgIpc) is 2.38. The summed E-state index contributed by atoms with van der Waals surface area (Å²) in [5.41, 5.74) is 9.20. The number of hydrazine groups is 1. The van der Waals surface area contributed by atoms with Crippen molar-refractivity contribution >= 4 is 33.5 Å². The molecular formula is C12H15BrN6. The van der Waals surface area contributed by atoms with Crippen LogP contribution in [0.5, 0.6) is 0 Å². The summed E-state index contributed by atoms with van der Waals surface area (Å²) in [6.07, 6.45) is 0. The molecule has 0 fully saturated rings. The third-order valence-corrected chi connectivity index (χ3v) is 3.15. The van der Waals surface area contributed by atoms with Crippen molar-refractivity contribution in [1.29, 1.82) is 0 Å². The minimum atomic E-state index is 0.0908. The molecule has 19 heavy (non-hydrogen) atoms. The van der Waals surface area contributed by atoms with Crippen molar-refractivity contribution in [1.82, 2.24) is 9.97 Å². The standard InChI is InChI=1S/C12H15BrN6/c1-7(8-2-4-9(13)5-3-8)16-10-6-11(19-15)18-12(14)17-10/h2-7H,15H2,1H3,(H4,14,16,17,18,19). The van der Waals surface area contributed by atoms with Crippen molar-refractivity contribution in [2.45, 2.75) is 13.0 Å². The summed E-state index contributed by atoms with van der Waals surface area (Å²) >= 11 is 3.41. The SMILES string of the molecule is CC(Nc1cc(NN)nc(N)n1)c1ccc(Br)cc1. The minimum Gasteiger partial charge on any atom is -0.368 e. The van der Waals surface area contributed by atoms with E-state index < -0.39 is 0 Å². The van der Waals surface area contributed by atoms with Crippen molar-refractivity contribution < 1.29 is 0 Å². The molecule has 0 aliphatic rings. The number of rotatable bonds is 4. The van der Waals surface area contributed by atoms with Crippen molar-refractivity contribution in [3.63, 3.8) is 0 Å². The van der Waals surface area contributed by atoms with E-state index in [2.05, 4.69) is 36.6 Å². The largest absolute Gasteiger partial charge is 0.368 e. The van der Waals surface area contributed by atoms with E-state index in [1.54, 1.807) is 6.07 Å². The van der Waals surface area contributed by atoms with Gasteiger partial charge in [-0.05, 0) is 24.6 Å². The zero-order valence-electron chi connectivity index (χ0n) is 10.4. The molecule has 0 aliphatic carbocycles. The Labute approximate surface area is 119 Å². The van der Waals surface area contributed by atoms with E-state index in [1.807, 2.05) is 31.2 Å². The molecule has 1 unspecified atom stereocenters. The number of hydrogen-bond acceptors (Lipinski definition) is 6. The molecule has 1 heterocycles. The number of benzene rings is 1. The smallest absolute Gasteiger partial charge is 0.223 e. The van der Waals surface area contributed by atoms with Crippen LogP contribution in [0, 0.1) is 0 Å². The van der Waals surface area contributed by atoms with Gasteiger partial charge in [-0.2, -0.15) is 9.97 Å². The molecule has 1 aromatic heterocycles. The minimum absolute atomic E-state index is 0.0908. The molecule has 6 nitrogen and oxygen atoms in total. The van der Waals surface area contributed by atoms with Gasteiger partial charge in [0.1, 0.15) is 11.6 Å². The van der Waals surface area contributed by atoms with Gasteiger partial charge in [0.05, 0.1) is 0 Å². The topological polar surface area (TPSA) is 102 Å². The van der Waals surface area contributed by atoms with Crippen LogP contribution in [0.15, 0.2) is 34.8 Å². The first kappa shape index (κ1) is 13.6. The maximum absolute atomic E-state index is 5.61. The number of halogens is 1. The van der Waals surface area contributed by atoms with Gasteiger partial charge < -0.3 is 16.5 Å².